The van der Waals surface area contributed by atoms with Crippen LogP contribution in [0.25, 0.3) is 0 Å². The molecule has 2 amide bonds. The molecule has 0 radical (unpaired) electrons. The third kappa shape index (κ3) is 4.31. The number of hydrogen-bond donors (Lipinski definition) is 2. The molecular weight excluding hydrogens is 386 g/mol. The molecule has 0 saturated heterocycles. The first-order chi connectivity index (χ1) is 15.1. The molecule has 5 heteroatoms. The Hall–Kier alpha value is -3.60. The molecule has 0 aliphatic carbocycles. The summed E-state index contributed by atoms with van der Waals surface area (Å²) in [4.78, 5) is 27.3. The predicted octanol–water partition coefficient (Wildman–Crippen LogP) is 5.15. The number of anilines is 1. The Labute approximate surface area is 183 Å². The maximum Gasteiger partial charge on any atom is 0.256 e. The van der Waals surface area contributed by atoms with E-state index in [1.165, 1.54) is 0 Å². The van der Waals surface area contributed by atoms with E-state index in [0.29, 0.717) is 12.1 Å². The van der Waals surface area contributed by atoms with Crippen molar-refractivity contribution in [3.8, 4) is 0 Å². The van der Waals surface area contributed by atoms with Gasteiger partial charge in [0.25, 0.3) is 11.8 Å². The topological polar surface area (TPSA) is 61.4 Å². The third-order valence-electron chi connectivity index (χ3n) is 5.62. The molecule has 3 aromatic carbocycles. The Morgan fingerprint density at radius 1 is 0.968 bits per heavy atom. The summed E-state index contributed by atoms with van der Waals surface area (Å²) >= 11 is 0. The highest BCUT2D eigenvalue weighted by atomic mass is 16.2. The van der Waals surface area contributed by atoms with Gasteiger partial charge in [0.1, 0.15) is 6.17 Å². The molecule has 1 aliphatic rings. The first kappa shape index (κ1) is 20.7. The highest BCUT2D eigenvalue weighted by Crippen LogP contribution is 2.34. The molecular formula is C26H27N3O2. The molecule has 0 saturated carbocycles. The lowest BCUT2D eigenvalue weighted by atomic mass is 10.1. The van der Waals surface area contributed by atoms with Crippen LogP contribution in [0.15, 0.2) is 78.9 Å². The number of amides is 2. The Kier molecular flexibility index (Phi) is 6.03. The van der Waals surface area contributed by atoms with Crippen LogP contribution in [-0.4, -0.2) is 23.3 Å². The molecule has 158 valence electrons. The number of fused-ring (bicyclic) bond motifs is 1. The predicted molar refractivity (Wildman–Crippen MR) is 123 cm³/mol. The van der Waals surface area contributed by atoms with Crippen LogP contribution in [0, 0.1) is 0 Å². The van der Waals surface area contributed by atoms with Gasteiger partial charge in [0.2, 0.25) is 0 Å². The van der Waals surface area contributed by atoms with Gasteiger partial charge < -0.3 is 15.5 Å². The second-order valence-corrected chi connectivity index (χ2v) is 7.82. The first-order valence-electron chi connectivity index (χ1n) is 10.7. The van der Waals surface area contributed by atoms with E-state index in [1.807, 2.05) is 90.7 Å². The lowest BCUT2D eigenvalue weighted by molar-refractivity contribution is 0.0743. The van der Waals surface area contributed by atoms with Gasteiger partial charge in [-0.1, -0.05) is 55.5 Å². The minimum absolute atomic E-state index is 0.0563. The van der Waals surface area contributed by atoms with E-state index < -0.39 is 0 Å². The molecule has 0 fully saturated rings. The van der Waals surface area contributed by atoms with Gasteiger partial charge in [0, 0.05) is 28.9 Å². The van der Waals surface area contributed by atoms with Crippen molar-refractivity contribution in [1.29, 1.82) is 0 Å². The van der Waals surface area contributed by atoms with Crippen LogP contribution < -0.4 is 10.6 Å². The van der Waals surface area contributed by atoms with E-state index in [0.717, 1.165) is 28.8 Å². The zero-order chi connectivity index (χ0) is 21.8. The monoisotopic (exact) mass is 413 g/mol. The summed E-state index contributed by atoms with van der Waals surface area (Å²) in [5.74, 6) is -0.0576. The smallest absolute Gasteiger partial charge is 0.256 e. The van der Waals surface area contributed by atoms with Crippen LogP contribution in [0.5, 0.6) is 0 Å². The number of nitrogens with one attached hydrogen (secondary N) is 2. The van der Waals surface area contributed by atoms with Gasteiger partial charge in [0.05, 0.1) is 6.04 Å². The second-order valence-electron chi connectivity index (χ2n) is 7.82. The Morgan fingerprint density at radius 3 is 2.35 bits per heavy atom. The minimum atomic E-state index is -0.207. The zero-order valence-corrected chi connectivity index (χ0v) is 17.8. The van der Waals surface area contributed by atoms with Gasteiger partial charge in [-0.2, -0.15) is 0 Å². The van der Waals surface area contributed by atoms with Gasteiger partial charge in [-0.05, 0) is 49.2 Å². The second kappa shape index (κ2) is 9.04. The van der Waals surface area contributed by atoms with Crippen molar-refractivity contribution in [2.75, 3.05) is 11.9 Å². The maximum absolute atomic E-state index is 12.8. The molecule has 2 atom stereocenters. The van der Waals surface area contributed by atoms with Crippen molar-refractivity contribution in [3.05, 3.63) is 101 Å². The van der Waals surface area contributed by atoms with Crippen molar-refractivity contribution in [2.45, 2.75) is 32.5 Å². The van der Waals surface area contributed by atoms with E-state index >= 15 is 0 Å². The van der Waals surface area contributed by atoms with E-state index in [-0.39, 0.29) is 24.0 Å². The number of rotatable bonds is 7. The average molecular weight is 414 g/mol. The van der Waals surface area contributed by atoms with Gasteiger partial charge in [-0.15, -0.1) is 0 Å². The van der Waals surface area contributed by atoms with Crippen LogP contribution in [0.1, 0.15) is 64.3 Å². The number of hydrogen-bond acceptors (Lipinski definition) is 3. The molecule has 1 aliphatic heterocycles. The van der Waals surface area contributed by atoms with Gasteiger partial charge >= 0.3 is 0 Å². The van der Waals surface area contributed by atoms with Crippen molar-refractivity contribution < 1.29 is 9.59 Å². The molecule has 0 spiro atoms. The summed E-state index contributed by atoms with van der Waals surface area (Å²) in [6, 6.07) is 24.9. The Balaban J connectivity index is 1.47. The summed E-state index contributed by atoms with van der Waals surface area (Å²) < 4.78 is 0. The highest BCUT2D eigenvalue weighted by molar-refractivity contribution is 5.99. The van der Waals surface area contributed by atoms with Crippen LogP contribution in [0.3, 0.4) is 0 Å². The SMILES string of the molecule is CCCN1C(=O)c2ccccc2C1Nc1ccc(C(=O)NC(C)c2ccccc2)cc1. The lowest BCUT2D eigenvalue weighted by Gasteiger charge is -2.26. The van der Waals surface area contributed by atoms with Gasteiger partial charge in [0.15, 0.2) is 0 Å². The summed E-state index contributed by atoms with van der Waals surface area (Å²) in [5, 5.41) is 6.50. The average Bonchev–Trinajstić information content (AvgIpc) is 3.06. The zero-order valence-electron chi connectivity index (χ0n) is 17.8. The fourth-order valence-corrected chi connectivity index (χ4v) is 3.98. The van der Waals surface area contributed by atoms with Crippen LogP contribution in [0.2, 0.25) is 0 Å². The third-order valence-corrected chi connectivity index (χ3v) is 5.62. The lowest BCUT2D eigenvalue weighted by Crippen LogP contribution is -2.33. The van der Waals surface area contributed by atoms with Crippen LogP contribution in [0.4, 0.5) is 5.69 Å². The Bertz CT molecular complexity index is 1060. The summed E-state index contributed by atoms with van der Waals surface area (Å²) in [7, 11) is 0. The van der Waals surface area contributed by atoms with E-state index in [2.05, 4.69) is 17.6 Å². The van der Waals surface area contributed by atoms with Crippen LogP contribution >= 0.6 is 0 Å². The summed E-state index contributed by atoms with van der Waals surface area (Å²) in [6.45, 7) is 4.72. The largest absolute Gasteiger partial charge is 0.361 e. The normalized spacial score (nSPS) is 16.0. The quantitative estimate of drug-likeness (QED) is 0.563. The molecule has 31 heavy (non-hydrogen) atoms. The standard InChI is InChI=1S/C26H27N3O2/c1-3-17-29-24(22-11-7-8-12-23(22)26(29)31)28-21-15-13-20(14-16-21)25(30)27-18(2)19-9-5-4-6-10-19/h4-16,18,24,28H,3,17H2,1-2H3,(H,27,30). The molecule has 0 bridgehead atoms. The van der Waals surface area contributed by atoms with Gasteiger partial charge in [-0.3, -0.25) is 9.59 Å². The number of nitrogens with zero attached hydrogens (tertiary/aromatic N) is 1. The molecule has 0 aromatic heterocycles. The molecule has 5 nitrogen and oxygen atoms in total. The molecule has 3 aromatic rings. The molecule has 2 N–H and O–H groups in total. The molecule has 1 heterocycles. The molecule has 4 rings (SSSR count). The Morgan fingerprint density at radius 2 is 1.65 bits per heavy atom. The number of carbonyl (C=O) groups is 2. The van der Waals surface area contributed by atoms with Crippen molar-refractivity contribution in [1.82, 2.24) is 10.2 Å². The maximum atomic E-state index is 12.8. The fraction of sp³-hybridized carbons (Fsp3) is 0.231. The summed E-state index contributed by atoms with van der Waals surface area (Å²) in [5.41, 5.74) is 4.26. The van der Waals surface area contributed by atoms with E-state index in [4.69, 9.17) is 0 Å². The fourth-order valence-electron chi connectivity index (χ4n) is 3.98. The minimum Gasteiger partial charge on any atom is -0.361 e. The number of carbonyl (C=O) groups excluding carboxylic acids is 2. The van der Waals surface area contributed by atoms with E-state index in [1.54, 1.807) is 0 Å². The first-order valence-corrected chi connectivity index (χ1v) is 10.7. The molecule has 2 unspecified atom stereocenters. The van der Waals surface area contributed by atoms with Crippen molar-refractivity contribution >= 4 is 17.5 Å². The summed E-state index contributed by atoms with van der Waals surface area (Å²) in [6.07, 6.45) is 0.679. The van der Waals surface area contributed by atoms with E-state index in [9.17, 15) is 9.59 Å². The van der Waals surface area contributed by atoms with Crippen molar-refractivity contribution in [3.63, 3.8) is 0 Å². The van der Waals surface area contributed by atoms with Crippen molar-refractivity contribution in [2.24, 2.45) is 0 Å². The van der Waals surface area contributed by atoms with Gasteiger partial charge in [-0.25, -0.2) is 0 Å². The highest BCUT2D eigenvalue weighted by Gasteiger charge is 2.35. The number of benzene rings is 3. The van der Waals surface area contributed by atoms with Crippen LogP contribution in [-0.2, 0) is 0 Å².